The van der Waals surface area contributed by atoms with Crippen LogP contribution >= 0.6 is 11.8 Å². The van der Waals surface area contributed by atoms with Crippen molar-refractivity contribution >= 4 is 22.8 Å². The second kappa shape index (κ2) is 10.5. The molecule has 0 spiro atoms. The molecular formula is C29H33N5S. The molecule has 35 heavy (non-hydrogen) atoms. The summed E-state index contributed by atoms with van der Waals surface area (Å²) in [6, 6.07) is 19.8. The molecule has 2 aliphatic rings. The number of para-hydroxylation sites is 2. The van der Waals surface area contributed by atoms with Crippen LogP contribution in [0.5, 0.6) is 0 Å². The summed E-state index contributed by atoms with van der Waals surface area (Å²) in [5.41, 5.74) is 9.18. The number of thioether (sulfide) groups is 1. The molecule has 0 bridgehead atoms. The number of rotatable bonds is 7. The Balaban J connectivity index is 1.21. The van der Waals surface area contributed by atoms with E-state index in [0.29, 0.717) is 5.92 Å². The van der Waals surface area contributed by atoms with E-state index in [1.807, 2.05) is 18.3 Å². The number of benzene rings is 2. The number of aromatic nitrogens is 3. The maximum atomic E-state index is 4.73. The summed E-state index contributed by atoms with van der Waals surface area (Å²) in [7, 11) is 0. The minimum atomic E-state index is 0.525. The van der Waals surface area contributed by atoms with Crippen molar-refractivity contribution in [2.75, 3.05) is 24.6 Å². The first-order chi connectivity index (χ1) is 17.3. The fourth-order valence-corrected chi connectivity index (χ4v) is 6.50. The maximum Gasteiger partial charge on any atom is 0.121 e. The minimum absolute atomic E-state index is 0.525. The molecule has 3 heterocycles. The zero-order valence-electron chi connectivity index (χ0n) is 20.2. The lowest BCUT2D eigenvalue weighted by Crippen LogP contribution is -2.32. The van der Waals surface area contributed by atoms with Gasteiger partial charge in [-0.25, -0.2) is 4.98 Å². The molecule has 1 aliphatic heterocycles. The van der Waals surface area contributed by atoms with E-state index in [4.69, 9.17) is 9.97 Å². The van der Waals surface area contributed by atoms with Gasteiger partial charge in [-0.1, -0.05) is 36.4 Å². The quantitative estimate of drug-likeness (QED) is 0.384. The molecule has 6 rings (SSSR count). The SMILES string of the molecule is c1cnc2c(c1)CCC(c1cc(CN3CCSCC3)ccc1CNCc1nc3ccccc3[nH]1)C2. The standard InChI is InChI=1S/C29H33N5S/c1-2-6-27-26(5-1)32-29(33-27)19-30-18-24-8-7-21(20-34-12-14-35-15-13-34)16-25(24)23-10-9-22-4-3-11-31-28(22)17-23/h1-8,11,16,23,30H,9-10,12-15,17-20H2,(H,32,33). The smallest absolute Gasteiger partial charge is 0.121 e. The fraction of sp³-hybridized carbons (Fsp3) is 0.379. The Hall–Kier alpha value is -2.67. The molecule has 0 amide bonds. The summed E-state index contributed by atoms with van der Waals surface area (Å²) in [5.74, 6) is 4.02. The molecular weight excluding hydrogens is 450 g/mol. The van der Waals surface area contributed by atoms with E-state index >= 15 is 0 Å². The number of aromatic amines is 1. The molecule has 6 heteroatoms. The van der Waals surface area contributed by atoms with Crippen molar-refractivity contribution < 1.29 is 0 Å². The number of H-pyrrole nitrogens is 1. The Bertz CT molecular complexity index is 1260. The molecule has 2 aromatic heterocycles. The fourth-order valence-electron chi connectivity index (χ4n) is 5.52. The Morgan fingerprint density at radius 1 is 1.03 bits per heavy atom. The molecule has 4 aromatic rings. The molecule has 0 saturated carbocycles. The highest BCUT2D eigenvalue weighted by atomic mass is 32.2. The number of nitrogens with zero attached hydrogens (tertiary/aromatic N) is 3. The van der Waals surface area contributed by atoms with Crippen molar-refractivity contribution in [3.8, 4) is 0 Å². The third kappa shape index (κ3) is 5.30. The van der Waals surface area contributed by atoms with Gasteiger partial charge in [0.1, 0.15) is 5.82 Å². The Morgan fingerprint density at radius 2 is 1.94 bits per heavy atom. The van der Waals surface area contributed by atoms with E-state index in [1.165, 1.54) is 59.0 Å². The second-order valence-electron chi connectivity index (χ2n) is 9.77. The average molecular weight is 484 g/mol. The van der Waals surface area contributed by atoms with Gasteiger partial charge in [0, 0.05) is 49.6 Å². The molecule has 1 unspecified atom stereocenters. The van der Waals surface area contributed by atoms with Gasteiger partial charge in [0.15, 0.2) is 0 Å². The third-order valence-corrected chi connectivity index (χ3v) is 8.34. The summed E-state index contributed by atoms with van der Waals surface area (Å²) in [6.45, 7) is 5.03. The predicted octanol–water partition coefficient (Wildman–Crippen LogP) is 5.07. The predicted molar refractivity (Wildman–Crippen MR) is 145 cm³/mol. The minimum Gasteiger partial charge on any atom is -0.341 e. The van der Waals surface area contributed by atoms with Gasteiger partial charge in [-0.3, -0.25) is 9.88 Å². The Labute approximate surface area is 211 Å². The number of hydrogen-bond donors (Lipinski definition) is 2. The lowest BCUT2D eigenvalue weighted by atomic mass is 9.80. The normalized spacial score (nSPS) is 18.6. The highest BCUT2D eigenvalue weighted by Crippen LogP contribution is 2.34. The van der Waals surface area contributed by atoms with Crippen LogP contribution in [0.2, 0.25) is 0 Å². The van der Waals surface area contributed by atoms with E-state index in [1.54, 1.807) is 0 Å². The third-order valence-electron chi connectivity index (χ3n) is 7.39. The molecule has 5 nitrogen and oxygen atoms in total. The highest BCUT2D eigenvalue weighted by Gasteiger charge is 2.23. The zero-order chi connectivity index (χ0) is 23.5. The van der Waals surface area contributed by atoms with Crippen LogP contribution in [0.3, 0.4) is 0 Å². The van der Waals surface area contributed by atoms with E-state index in [0.717, 1.165) is 49.3 Å². The lowest BCUT2D eigenvalue weighted by Gasteiger charge is -2.29. The van der Waals surface area contributed by atoms with E-state index in [9.17, 15) is 0 Å². The molecule has 1 atom stereocenters. The van der Waals surface area contributed by atoms with Gasteiger partial charge in [0.05, 0.1) is 17.6 Å². The second-order valence-corrected chi connectivity index (χ2v) is 11.0. The molecule has 2 aromatic carbocycles. The van der Waals surface area contributed by atoms with Gasteiger partial charge in [-0.15, -0.1) is 0 Å². The maximum absolute atomic E-state index is 4.73. The summed E-state index contributed by atoms with van der Waals surface area (Å²) < 4.78 is 0. The van der Waals surface area contributed by atoms with Gasteiger partial charge in [0.25, 0.3) is 0 Å². The van der Waals surface area contributed by atoms with Gasteiger partial charge < -0.3 is 10.3 Å². The summed E-state index contributed by atoms with van der Waals surface area (Å²) in [5, 5.41) is 3.66. The van der Waals surface area contributed by atoms with Crippen molar-refractivity contribution in [3.05, 3.63) is 94.6 Å². The molecule has 1 fully saturated rings. The van der Waals surface area contributed by atoms with Crippen molar-refractivity contribution in [3.63, 3.8) is 0 Å². The van der Waals surface area contributed by atoms with Crippen molar-refractivity contribution in [1.29, 1.82) is 0 Å². The topological polar surface area (TPSA) is 56.8 Å². The number of aryl methyl sites for hydroxylation is 1. The Morgan fingerprint density at radius 3 is 2.86 bits per heavy atom. The van der Waals surface area contributed by atoms with Crippen molar-refractivity contribution in [1.82, 2.24) is 25.2 Å². The molecule has 0 radical (unpaired) electrons. The van der Waals surface area contributed by atoms with Crippen molar-refractivity contribution in [2.24, 2.45) is 0 Å². The van der Waals surface area contributed by atoms with Gasteiger partial charge in [-0.2, -0.15) is 11.8 Å². The van der Waals surface area contributed by atoms with Gasteiger partial charge >= 0.3 is 0 Å². The lowest BCUT2D eigenvalue weighted by molar-refractivity contribution is 0.294. The van der Waals surface area contributed by atoms with Gasteiger partial charge in [-0.05, 0) is 65.6 Å². The number of fused-ring (bicyclic) bond motifs is 2. The van der Waals surface area contributed by atoms with Crippen LogP contribution in [0.4, 0.5) is 0 Å². The summed E-state index contributed by atoms with van der Waals surface area (Å²) in [4.78, 5) is 15.5. The van der Waals surface area contributed by atoms with Crippen LogP contribution in [0.15, 0.2) is 60.8 Å². The molecule has 1 saturated heterocycles. The van der Waals surface area contributed by atoms with Crippen LogP contribution in [0.1, 0.15) is 46.1 Å². The summed E-state index contributed by atoms with van der Waals surface area (Å²) in [6.07, 6.45) is 5.30. The Kier molecular flexibility index (Phi) is 6.85. The van der Waals surface area contributed by atoms with Crippen LogP contribution in [0, 0.1) is 0 Å². The highest BCUT2D eigenvalue weighted by molar-refractivity contribution is 7.99. The number of hydrogen-bond acceptors (Lipinski definition) is 5. The van der Waals surface area contributed by atoms with E-state index < -0.39 is 0 Å². The first-order valence-corrected chi connectivity index (χ1v) is 14.0. The largest absolute Gasteiger partial charge is 0.341 e. The summed E-state index contributed by atoms with van der Waals surface area (Å²) >= 11 is 2.07. The first kappa shape index (κ1) is 22.8. The average Bonchev–Trinajstić information content (AvgIpc) is 3.33. The number of imidazole rings is 1. The van der Waals surface area contributed by atoms with Gasteiger partial charge in [0.2, 0.25) is 0 Å². The molecule has 2 N–H and O–H groups in total. The van der Waals surface area contributed by atoms with E-state index in [2.05, 4.69) is 69.4 Å². The number of nitrogens with one attached hydrogen (secondary N) is 2. The zero-order valence-corrected chi connectivity index (χ0v) is 21.0. The van der Waals surface area contributed by atoms with E-state index in [-0.39, 0.29) is 0 Å². The molecule has 1 aliphatic carbocycles. The van der Waals surface area contributed by atoms with Crippen LogP contribution < -0.4 is 5.32 Å². The monoisotopic (exact) mass is 483 g/mol. The van der Waals surface area contributed by atoms with Crippen LogP contribution in [-0.4, -0.2) is 44.4 Å². The first-order valence-electron chi connectivity index (χ1n) is 12.8. The van der Waals surface area contributed by atoms with Crippen LogP contribution in [-0.2, 0) is 32.5 Å². The van der Waals surface area contributed by atoms with Crippen molar-refractivity contribution in [2.45, 2.75) is 44.8 Å². The molecule has 180 valence electrons. The van der Waals surface area contributed by atoms with Crippen LogP contribution in [0.25, 0.3) is 11.0 Å². The number of pyridine rings is 1.